The number of anilines is 1. The van der Waals surface area contributed by atoms with Crippen LogP contribution in [0, 0.1) is 5.41 Å². The lowest BCUT2D eigenvalue weighted by atomic mass is 9.71. The lowest BCUT2D eigenvalue weighted by molar-refractivity contribution is -0.136. The maximum atomic E-state index is 13.1. The van der Waals surface area contributed by atoms with Gasteiger partial charge in [-0.2, -0.15) is 0 Å². The topological polar surface area (TPSA) is 98.7 Å². The van der Waals surface area contributed by atoms with Crippen LogP contribution >= 0.6 is 0 Å². The highest BCUT2D eigenvalue weighted by atomic mass is 16.2. The van der Waals surface area contributed by atoms with Crippen LogP contribution in [0.15, 0.2) is 36.8 Å². The fraction of sp³-hybridized carbons (Fsp3) is 0.480. The Morgan fingerprint density at radius 2 is 1.91 bits per heavy atom. The molecule has 4 aliphatic heterocycles. The summed E-state index contributed by atoms with van der Waals surface area (Å²) in [4.78, 5) is 51.9. The highest BCUT2D eigenvalue weighted by Crippen LogP contribution is 2.45. The normalized spacial score (nSPS) is 24.2. The predicted molar refractivity (Wildman–Crippen MR) is 124 cm³/mol. The zero-order chi connectivity index (χ0) is 23.3. The van der Waals surface area contributed by atoms with Crippen LogP contribution in [-0.4, -0.2) is 69.7 Å². The molecule has 4 aliphatic rings. The van der Waals surface area contributed by atoms with Crippen molar-refractivity contribution in [1.82, 2.24) is 25.1 Å². The standard InChI is InChI=1S/C25H28N6O3/c32-22-5-4-21(23(33)28-22)31-13-19-18(24(31)34)2-1-3-20(19)30-14-25(15-30)7-10-29(11-8-25)12-17-6-9-26-16-27-17/h1-3,6,9,16,21H,4-5,7-8,10-15H2,(H,28,32,33). The van der Waals surface area contributed by atoms with E-state index in [0.717, 1.165) is 62.5 Å². The number of carbonyl (C=O) groups excluding carboxylic acids is 3. The van der Waals surface area contributed by atoms with Crippen molar-refractivity contribution in [2.75, 3.05) is 31.1 Å². The second-order valence-corrected chi connectivity index (χ2v) is 10.0. The number of carbonyl (C=O) groups is 3. The Morgan fingerprint density at radius 3 is 2.65 bits per heavy atom. The zero-order valence-corrected chi connectivity index (χ0v) is 19.1. The average Bonchev–Trinajstić information content (AvgIpc) is 3.15. The van der Waals surface area contributed by atoms with Crippen molar-refractivity contribution in [3.05, 3.63) is 53.6 Å². The van der Waals surface area contributed by atoms with Gasteiger partial charge >= 0.3 is 0 Å². The second kappa shape index (κ2) is 8.16. The molecule has 0 saturated carbocycles. The number of imide groups is 1. The first-order chi connectivity index (χ1) is 16.5. The molecule has 0 bridgehead atoms. The summed E-state index contributed by atoms with van der Waals surface area (Å²) in [6.45, 7) is 5.41. The maximum absolute atomic E-state index is 13.1. The van der Waals surface area contributed by atoms with Gasteiger partial charge in [-0.05, 0) is 50.6 Å². The number of likely N-dealkylation sites (tertiary alicyclic amines) is 1. The first-order valence-electron chi connectivity index (χ1n) is 12.0. The minimum atomic E-state index is -0.576. The number of aromatic nitrogens is 2. The van der Waals surface area contributed by atoms with Crippen LogP contribution in [0.5, 0.6) is 0 Å². The minimum Gasteiger partial charge on any atom is -0.370 e. The molecule has 9 heteroatoms. The fourth-order valence-electron chi connectivity index (χ4n) is 5.94. The molecule has 1 aromatic carbocycles. The first kappa shape index (κ1) is 21.2. The summed E-state index contributed by atoms with van der Waals surface area (Å²) < 4.78 is 0. The number of hydrogen-bond donors (Lipinski definition) is 1. The first-order valence-corrected chi connectivity index (χ1v) is 12.0. The number of rotatable bonds is 4. The molecule has 1 N–H and O–H groups in total. The molecule has 5 heterocycles. The molecule has 1 atom stereocenters. The largest absolute Gasteiger partial charge is 0.370 e. The highest BCUT2D eigenvalue weighted by molar-refractivity contribution is 6.06. The van der Waals surface area contributed by atoms with Gasteiger partial charge in [-0.25, -0.2) is 9.97 Å². The maximum Gasteiger partial charge on any atom is 0.255 e. The van der Waals surface area contributed by atoms with Crippen molar-refractivity contribution in [2.24, 2.45) is 5.41 Å². The van der Waals surface area contributed by atoms with Gasteiger partial charge in [0.1, 0.15) is 12.4 Å². The number of hydrogen-bond acceptors (Lipinski definition) is 7. The minimum absolute atomic E-state index is 0.111. The molecule has 3 amide bonds. The van der Waals surface area contributed by atoms with E-state index in [0.29, 0.717) is 23.9 Å². The molecule has 1 spiro atoms. The molecule has 1 aromatic heterocycles. The van der Waals surface area contributed by atoms with Gasteiger partial charge in [0.25, 0.3) is 5.91 Å². The van der Waals surface area contributed by atoms with Crippen molar-refractivity contribution in [1.29, 1.82) is 0 Å². The number of fused-ring (bicyclic) bond motifs is 1. The summed E-state index contributed by atoms with van der Waals surface area (Å²) in [6.07, 6.45) is 6.37. The number of nitrogens with one attached hydrogen (secondary N) is 1. The van der Waals surface area contributed by atoms with Crippen molar-refractivity contribution in [3.63, 3.8) is 0 Å². The Morgan fingerprint density at radius 1 is 1.09 bits per heavy atom. The molecule has 9 nitrogen and oxygen atoms in total. The fourth-order valence-corrected chi connectivity index (χ4v) is 5.94. The third-order valence-corrected chi connectivity index (χ3v) is 7.90. The van der Waals surface area contributed by atoms with Crippen LogP contribution < -0.4 is 10.2 Å². The summed E-state index contributed by atoms with van der Waals surface area (Å²) in [5.41, 5.74) is 4.19. The average molecular weight is 461 g/mol. The van der Waals surface area contributed by atoms with Crippen molar-refractivity contribution < 1.29 is 14.4 Å². The summed E-state index contributed by atoms with van der Waals surface area (Å²) in [6, 6.07) is 7.29. The Labute approximate surface area is 198 Å². The lowest BCUT2D eigenvalue weighted by Crippen LogP contribution is -2.60. The quantitative estimate of drug-likeness (QED) is 0.688. The molecule has 1 unspecified atom stereocenters. The number of amides is 3. The number of piperidine rings is 2. The summed E-state index contributed by atoms with van der Waals surface area (Å²) in [7, 11) is 0. The van der Waals surface area contributed by atoms with Gasteiger partial charge in [-0.1, -0.05) is 6.07 Å². The Kier molecular flexibility index (Phi) is 5.09. The van der Waals surface area contributed by atoms with Gasteiger partial charge in [-0.15, -0.1) is 0 Å². The van der Waals surface area contributed by atoms with Crippen molar-refractivity contribution in [2.45, 2.75) is 44.8 Å². The summed E-state index contributed by atoms with van der Waals surface area (Å²) in [5, 5.41) is 2.38. The highest BCUT2D eigenvalue weighted by Gasteiger charge is 2.47. The third kappa shape index (κ3) is 3.64. The van der Waals surface area contributed by atoms with Gasteiger partial charge in [-0.3, -0.25) is 24.6 Å². The van der Waals surface area contributed by atoms with Crippen LogP contribution in [0.4, 0.5) is 5.69 Å². The van der Waals surface area contributed by atoms with Gasteiger partial charge < -0.3 is 9.80 Å². The third-order valence-electron chi connectivity index (χ3n) is 7.90. The predicted octanol–water partition coefficient (Wildman–Crippen LogP) is 1.34. The molecule has 176 valence electrons. The van der Waals surface area contributed by atoms with Crippen molar-refractivity contribution >= 4 is 23.4 Å². The molecule has 2 aromatic rings. The molecule has 3 saturated heterocycles. The van der Waals surface area contributed by atoms with E-state index in [4.69, 9.17) is 0 Å². The van der Waals surface area contributed by atoms with E-state index in [1.165, 1.54) is 0 Å². The molecular formula is C25H28N6O3. The monoisotopic (exact) mass is 460 g/mol. The van der Waals surface area contributed by atoms with E-state index in [1.807, 2.05) is 18.2 Å². The van der Waals surface area contributed by atoms with Gasteiger partial charge in [0.15, 0.2) is 0 Å². The molecule has 0 radical (unpaired) electrons. The van der Waals surface area contributed by atoms with Crippen LogP contribution in [0.25, 0.3) is 0 Å². The van der Waals surface area contributed by atoms with E-state index in [1.54, 1.807) is 17.4 Å². The van der Waals surface area contributed by atoms with Gasteiger partial charge in [0.2, 0.25) is 11.8 Å². The van der Waals surface area contributed by atoms with E-state index in [9.17, 15) is 14.4 Å². The van der Waals surface area contributed by atoms with Gasteiger partial charge in [0.05, 0.1) is 5.69 Å². The molecule has 6 rings (SSSR count). The van der Waals surface area contributed by atoms with Crippen LogP contribution in [-0.2, 0) is 22.7 Å². The van der Waals surface area contributed by atoms with E-state index >= 15 is 0 Å². The lowest BCUT2D eigenvalue weighted by Gasteiger charge is -2.55. The van der Waals surface area contributed by atoms with Crippen LogP contribution in [0.3, 0.4) is 0 Å². The van der Waals surface area contributed by atoms with E-state index in [-0.39, 0.29) is 24.1 Å². The van der Waals surface area contributed by atoms with E-state index < -0.39 is 6.04 Å². The smallest absolute Gasteiger partial charge is 0.255 e. The zero-order valence-electron chi connectivity index (χ0n) is 19.1. The molecule has 34 heavy (non-hydrogen) atoms. The SMILES string of the molecule is O=C1CCC(N2Cc3c(cccc3N3CC4(CCN(Cc5ccncn5)CC4)C3)C2=O)C(=O)N1. The number of benzene rings is 1. The van der Waals surface area contributed by atoms with E-state index in [2.05, 4.69) is 31.2 Å². The Hall–Kier alpha value is -3.33. The Balaban J connectivity index is 1.11. The Bertz CT molecular complexity index is 1140. The van der Waals surface area contributed by atoms with Crippen molar-refractivity contribution in [3.8, 4) is 0 Å². The molecular weight excluding hydrogens is 432 g/mol. The number of nitrogens with zero attached hydrogens (tertiary/aromatic N) is 5. The molecule has 0 aliphatic carbocycles. The van der Waals surface area contributed by atoms with Gasteiger partial charge in [0, 0.05) is 61.0 Å². The van der Waals surface area contributed by atoms with Crippen LogP contribution in [0.1, 0.15) is 47.3 Å². The summed E-state index contributed by atoms with van der Waals surface area (Å²) in [5.74, 6) is -0.740. The second-order valence-electron chi connectivity index (χ2n) is 10.0. The summed E-state index contributed by atoms with van der Waals surface area (Å²) >= 11 is 0. The van der Waals surface area contributed by atoms with Crippen LogP contribution in [0.2, 0.25) is 0 Å². The molecule has 3 fully saturated rings.